The van der Waals surface area contributed by atoms with Crippen LogP contribution in [0.15, 0.2) is 64.4 Å². The maximum atomic E-state index is 13.2. The summed E-state index contributed by atoms with van der Waals surface area (Å²) in [6.45, 7) is 4.27. The maximum Gasteiger partial charge on any atom is 0.243 e. The third-order valence-corrected chi connectivity index (χ3v) is 9.28. The second-order valence-corrected chi connectivity index (χ2v) is 11.7. The molecule has 0 saturated carbocycles. The Labute approximate surface area is 190 Å². The Balaban J connectivity index is 1.54. The first-order chi connectivity index (χ1) is 15.4. The van der Waals surface area contributed by atoms with Gasteiger partial charge in [0.1, 0.15) is 0 Å². The van der Waals surface area contributed by atoms with Crippen molar-refractivity contribution >= 4 is 20.0 Å². The SMILES string of the molecule is O=S(=O)(N[C@@H](CN1CCOCC1)c1ccccc1)c1ccc(S(=O)(=O)N2CCCC2)cc1. The number of benzene rings is 2. The van der Waals surface area contributed by atoms with E-state index in [0.29, 0.717) is 32.8 Å². The van der Waals surface area contributed by atoms with Crippen molar-refractivity contribution in [2.75, 3.05) is 45.9 Å². The zero-order chi connectivity index (χ0) is 22.6. The van der Waals surface area contributed by atoms with Crippen LogP contribution in [0.5, 0.6) is 0 Å². The Hall–Kier alpha value is -1.82. The van der Waals surface area contributed by atoms with E-state index >= 15 is 0 Å². The predicted molar refractivity (Wildman–Crippen MR) is 121 cm³/mol. The number of sulfonamides is 2. The predicted octanol–water partition coefficient (Wildman–Crippen LogP) is 1.82. The minimum Gasteiger partial charge on any atom is -0.379 e. The molecule has 2 aliphatic heterocycles. The molecule has 0 spiro atoms. The summed E-state index contributed by atoms with van der Waals surface area (Å²) in [5.74, 6) is 0. The minimum atomic E-state index is -3.86. The molecule has 2 aromatic carbocycles. The summed E-state index contributed by atoms with van der Waals surface area (Å²) >= 11 is 0. The zero-order valence-corrected chi connectivity index (χ0v) is 19.5. The average molecular weight is 480 g/mol. The number of morpholine rings is 1. The van der Waals surface area contributed by atoms with Crippen molar-refractivity contribution in [1.82, 2.24) is 13.9 Å². The van der Waals surface area contributed by atoms with E-state index in [1.165, 1.54) is 28.6 Å². The first kappa shape index (κ1) is 23.3. The van der Waals surface area contributed by atoms with Gasteiger partial charge in [0, 0.05) is 32.7 Å². The summed E-state index contributed by atoms with van der Waals surface area (Å²) in [5.41, 5.74) is 0.871. The van der Waals surface area contributed by atoms with Gasteiger partial charge in [-0.25, -0.2) is 21.6 Å². The Morgan fingerprint density at radius 3 is 2.03 bits per heavy atom. The molecular weight excluding hydrogens is 450 g/mol. The Kier molecular flexibility index (Phi) is 7.28. The molecule has 0 radical (unpaired) electrons. The van der Waals surface area contributed by atoms with E-state index in [1.54, 1.807) is 0 Å². The highest BCUT2D eigenvalue weighted by atomic mass is 32.2. The molecule has 2 aliphatic rings. The number of rotatable bonds is 8. The zero-order valence-electron chi connectivity index (χ0n) is 17.9. The Morgan fingerprint density at radius 1 is 0.812 bits per heavy atom. The van der Waals surface area contributed by atoms with Crippen molar-refractivity contribution in [3.8, 4) is 0 Å². The lowest BCUT2D eigenvalue weighted by molar-refractivity contribution is 0.0345. The number of hydrogen-bond acceptors (Lipinski definition) is 6. The van der Waals surface area contributed by atoms with Crippen LogP contribution in [0.1, 0.15) is 24.4 Å². The number of hydrogen-bond donors (Lipinski definition) is 1. The molecule has 0 aliphatic carbocycles. The van der Waals surface area contributed by atoms with E-state index in [1.807, 2.05) is 30.3 Å². The van der Waals surface area contributed by atoms with Crippen LogP contribution in [-0.2, 0) is 24.8 Å². The first-order valence-corrected chi connectivity index (χ1v) is 13.8. The van der Waals surface area contributed by atoms with E-state index < -0.39 is 26.1 Å². The van der Waals surface area contributed by atoms with Crippen LogP contribution < -0.4 is 4.72 Å². The van der Waals surface area contributed by atoms with Gasteiger partial charge >= 0.3 is 0 Å². The van der Waals surface area contributed by atoms with Crippen molar-refractivity contribution in [3.63, 3.8) is 0 Å². The van der Waals surface area contributed by atoms with Crippen molar-refractivity contribution < 1.29 is 21.6 Å². The van der Waals surface area contributed by atoms with Gasteiger partial charge in [-0.3, -0.25) is 4.90 Å². The molecule has 2 fully saturated rings. The third-order valence-electron chi connectivity index (χ3n) is 5.88. The summed E-state index contributed by atoms with van der Waals surface area (Å²) in [5, 5.41) is 0. The molecule has 0 amide bonds. The van der Waals surface area contributed by atoms with Crippen molar-refractivity contribution in [3.05, 3.63) is 60.2 Å². The molecule has 32 heavy (non-hydrogen) atoms. The molecule has 0 unspecified atom stereocenters. The standard InChI is InChI=1S/C22H29N3O5S2/c26-31(27,20-8-10-21(11-9-20)32(28,29)25-12-4-5-13-25)23-22(19-6-2-1-3-7-19)18-24-14-16-30-17-15-24/h1-3,6-11,22-23H,4-5,12-18H2/t22-/m0/s1. The number of nitrogens with zero attached hydrogens (tertiary/aromatic N) is 2. The fourth-order valence-electron chi connectivity index (χ4n) is 4.06. The monoisotopic (exact) mass is 479 g/mol. The summed E-state index contributed by atoms with van der Waals surface area (Å²) in [6, 6.07) is 14.5. The van der Waals surface area contributed by atoms with Gasteiger partial charge in [0.05, 0.1) is 29.0 Å². The Morgan fingerprint density at radius 2 is 1.41 bits per heavy atom. The topological polar surface area (TPSA) is 96.0 Å². The summed E-state index contributed by atoms with van der Waals surface area (Å²) in [6.07, 6.45) is 1.69. The molecule has 8 nitrogen and oxygen atoms in total. The van der Waals surface area contributed by atoms with Crippen LogP contribution in [0.3, 0.4) is 0 Å². The van der Waals surface area contributed by atoms with Crippen LogP contribution in [0.2, 0.25) is 0 Å². The van der Waals surface area contributed by atoms with Crippen LogP contribution in [0.25, 0.3) is 0 Å². The van der Waals surface area contributed by atoms with Crippen LogP contribution in [0.4, 0.5) is 0 Å². The van der Waals surface area contributed by atoms with Gasteiger partial charge < -0.3 is 4.74 Å². The van der Waals surface area contributed by atoms with Gasteiger partial charge in [-0.15, -0.1) is 0 Å². The quantitative estimate of drug-likeness (QED) is 0.621. The largest absolute Gasteiger partial charge is 0.379 e. The molecule has 1 N–H and O–H groups in total. The van der Waals surface area contributed by atoms with Crippen molar-refractivity contribution in [2.45, 2.75) is 28.7 Å². The lowest BCUT2D eigenvalue weighted by Crippen LogP contribution is -2.43. The smallest absolute Gasteiger partial charge is 0.243 e. The molecule has 4 rings (SSSR count). The highest BCUT2D eigenvalue weighted by molar-refractivity contribution is 7.89. The van der Waals surface area contributed by atoms with Gasteiger partial charge in [-0.2, -0.15) is 4.31 Å². The Bertz CT molecular complexity index is 1090. The molecule has 2 heterocycles. The van der Waals surface area contributed by atoms with Gasteiger partial charge in [-0.05, 0) is 42.7 Å². The van der Waals surface area contributed by atoms with E-state index in [0.717, 1.165) is 31.5 Å². The molecule has 10 heteroatoms. The lowest BCUT2D eigenvalue weighted by Gasteiger charge is -2.31. The van der Waals surface area contributed by atoms with Crippen molar-refractivity contribution in [2.24, 2.45) is 0 Å². The summed E-state index contributed by atoms with van der Waals surface area (Å²) < 4.78 is 61.4. The fraction of sp³-hybridized carbons (Fsp3) is 0.455. The normalized spacial score (nSPS) is 19.8. The third kappa shape index (κ3) is 5.38. The van der Waals surface area contributed by atoms with Crippen LogP contribution >= 0.6 is 0 Å². The maximum absolute atomic E-state index is 13.2. The van der Waals surface area contributed by atoms with E-state index in [-0.39, 0.29) is 9.79 Å². The summed E-state index contributed by atoms with van der Waals surface area (Å²) in [7, 11) is -7.44. The van der Waals surface area contributed by atoms with E-state index in [9.17, 15) is 16.8 Å². The van der Waals surface area contributed by atoms with Gasteiger partial charge in [-0.1, -0.05) is 30.3 Å². The molecule has 2 aromatic rings. The molecule has 174 valence electrons. The number of ether oxygens (including phenoxy) is 1. The van der Waals surface area contributed by atoms with Crippen LogP contribution in [-0.4, -0.2) is 72.0 Å². The van der Waals surface area contributed by atoms with Gasteiger partial charge in [0.15, 0.2) is 0 Å². The molecule has 1 atom stereocenters. The van der Waals surface area contributed by atoms with E-state index in [2.05, 4.69) is 9.62 Å². The lowest BCUT2D eigenvalue weighted by atomic mass is 10.1. The summed E-state index contributed by atoms with van der Waals surface area (Å²) in [4.78, 5) is 2.34. The average Bonchev–Trinajstić information content (AvgIpc) is 3.36. The molecule has 2 saturated heterocycles. The number of nitrogens with one attached hydrogen (secondary N) is 1. The molecular formula is C22H29N3O5S2. The van der Waals surface area contributed by atoms with Gasteiger partial charge in [0.2, 0.25) is 20.0 Å². The highest BCUT2D eigenvalue weighted by Gasteiger charge is 2.28. The van der Waals surface area contributed by atoms with Gasteiger partial charge in [0.25, 0.3) is 0 Å². The highest BCUT2D eigenvalue weighted by Crippen LogP contribution is 2.24. The van der Waals surface area contributed by atoms with E-state index in [4.69, 9.17) is 4.74 Å². The fourth-order valence-corrected chi connectivity index (χ4v) is 6.79. The second kappa shape index (κ2) is 9.98. The first-order valence-electron chi connectivity index (χ1n) is 10.8. The van der Waals surface area contributed by atoms with Crippen LogP contribution in [0, 0.1) is 0 Å². The second-order valence-electron chi connectivity index (χ2n) is 8.08. The minimum absolute atomic E-state index is 0.0424. The molecule has 0 bridgehead atoms. The van der Waals surface area contributed by atoms with Crippen molar-refractivity contribution in [1.29, 1.82) is 0 Å². The molecule has 0 aromatic heterocycles.